The fourth-order valence-corrected chi connectivity index (χ4v) is 3.96. The summed E-state index contributed by atoms with van der Waals surface area (Å²) in [6.45, 7) is 3.53. The van der Waals surface area contributed by atoms with Gasteiger partial charge in [-0.15, -0.1) is 0 Å². The fourth-order valence-electron chi connectivity index (χ4n) is 3.96. The number of anilines is 1. The summed E-state index contributed by atoms with van der Waals surface area (Å²) in [7, 11) is 0. The van der Waals surface area contributed by atoms with E-state index in [0.717, 1.165) is 24.8 Å². The van der Waals surface area contributed by atoms with Crippen molar-refractivity contribution in [2.75, 3.05) is 5.32 Å². The van der Waals surface area contributed by atoms with Gasteiger partial charge in [0.1, 0.15) is 5.78 Å². The number of nitrogens with one attached hydrogen (secondary N) is 1. The summed E-state index contributed by atoms with van der Waals surface area (Å²) >= 11 is 0. The van der Waals surface area contributed by atoms with Gasteiger partial charge in [-0.1, -0.05) is 18.6 Å². The van der Waals surface area contributed by atoms with Crippen molar-refractivity contribution in [1.29, 1.82) is 0 Å². The molecule has 5 heteroatoms. The molecule has 1 aromatic rings. The number of esters is 1. The van der Waals surface area contributed by atoms with Crippen LogP contribution in [0.15, 0.2) is 24.3 Å². The Balaban J connectivity index is 1.55. The van der Waals surface area contributed by atoms with E-state index in [2.05, 4.69) is 5.32 Å². The molecule has 0 aliphatic heterocycles. The number of aryl methyl sites for hydroxylation is 1. The lowest BCUT2D eigenvalue weighted by atomic mass is 9.67. The van der Waals surface area contributed by atoms with Gasteiger partial charge in [0.15, 0.2) is 6.10 Å². The molecule has 25 heavy (non-hydrogen) atoms. The largest absolute Gasteiger partial charge is 0.452 e. The normalized spacial score (nSPS) is 26.6. The molecule has 1 aromatic carbocycles. The van der Waals surface area contributed by atoms with Crippen LogP contribution in [0.25, 0.3) is 0 Å². The Kier molecular flexibility index (Phi) is 5.21. The predicted octanol–water partition coefficient (Wildman–Crippen LogP) is 3.26. The minimum atomic E-state index is -0.856. The second-order valence-electron chi connectivity index (χ2n) is 7.33. The zero-order valence-electron chi connectivity index (χ0n) is 14.8. The molecule has 2 aliphatic carbocycles. The maximum absolute atomic E-state index is 12.4. The van der Waals surface area contributed by atoms with Gasteiger partial charge in [0.2, 0.25) is 0 Å². The molecule has 2 fully saturated rings. The summed E-state index contributed by atoms with van der Waals surface area (Å²) in [6.07, 6.45) is 3.11. The average Bonchev–Trinajstić information content (AvgIpc) is 2.54. The number of hydrogen-bond donors (Lipinski definition) is 1. The van der Waals surface area contributed by atoms with E-state index in [9.17, 15) is 14.4 Å². The van der Waals surface area contributed by atoms with E-state index in [0.29, 0.717) is 24.3 Å². The lowest BCUT2D eigenvalue weighted by molar-refractivity contribution is -0.161. The highest BCUT2D eigenvalue weighted by Crippen LogP contribution is 2.40. The van der Waals surface area contributed by atoms with E-state index >= 15 is 0 Å². The van der Waals surface area contributed by atoms with Gasteiger partial charge in [0.05, 0.1) is 5.92 Å². The summed E-state index contributed by atoms with van der Waals surface area (Å²) in [4.78, 5) is 36.8. The van der Waals surface area contributed by atoms with E-state index in [1.54, 1.807) is 13.0 Å². The molecule has 134 valence electrons. The molecule has 0 saturated heterocycles. The van der Waals surface area contributed by atoms with E-state index in [4.69, 9.17) is 4.74 Å². The third kappa shape index (κ3) is 4.09. The number of ether oxygens (including phenoxy) is 1. The lowest BCUT2D eigenvalue weighted by Gasteiger charge is -2.36. The number of amides is 1. The van der Waals surface area contributed by atoms with Crippen molar-refractivity contribution in [3.05, 3.63) is 29.8 Å². The molecule has 0 heterocycles. The first-order valence-corrected chi connectivity index (χ1v) is 9.06. The lowest BCUT2D eigenvalue weighted by Crippen LogP contribution is -2.41. The molecule has 0 aromatic heterocycles. The monoisotopic (exact) mass is 343 g/mol. The number of carbonyl (C=O) groups excluding carboxylic acids is 3. The molecule has 1 amide bonds. The molecule has 3 atom stereocenters. The number of Topliss-reactive ketones (excluding diaryl/α,β-unsaturated/α-hetero) is 1. The smallest absolute Gasteiger partial charge is 0.309 e. The van der Waals surface area contributed by atoms with Crippen molar-refractivity contribution < 1.29 is 19.1 Å². The van der Waals surface area contributed by atoms with Crippen LogP contribution in [0.4, 0.5) is 5.69 Å². The molecular weight excluding hydrogens is 318 g/mol. The maximum atomic E-state index is 12.4. The second-order valence-corrected chi connectivity index (χ2v) is 7.33. The summed E-state index contributed by atoms with van der Waals surface area (Å²) in [6, 6.07) is 7.47. The number of carbonyl (C=O) groups is 3. The maximum Gasteiger partial charge on any atom is 0.309 e. The highest BCUT2D eigenvalue weighted by molar-refractivity contribution is 5.95. The van der Waals surface area contributed by atoms with E-state index in [1.165, 1.54) is 0 Å². The molecule has 5 nitrogen and oxygen atoms in total. The van der Waals surface area contributed by atoms with E-state index < -0.39 is 6.10 Å². The van der Waals surface area contributed by atoms with Crippen LogP contribution in [0, 0.1) is 24.7 Å². The molecule has 3 rings (SSSR count). The van der Waals surface area contributed by atoms with Crippen LogP contribution in [0.3, 0.4) is 0 Å². The van der Waals surface area contributed by atoms with Gasteiger partial charge >= 0.3 is 5.97 Å². The minimum absolute atomic E-state index is 0.00137. The molecule has 2 bridgehead atoms. The summed E-state index contributed by atoms with van der Waals surface area (Å²) in [5, 5.41) is 2.77. The fraction of sp³-hybridized carbons (Fsp3) is 0.550. The first-order valence-electron chi connectivity index (χ1n) is 9.06. The van der Waals surface area contributed by atoms with Crippen LogP contribution in [0.5, 0.6) is 0 Å². The number of ketones is 1. The van der Waals surface area contributed by atoms with Crippen molar-refractivity contribution in [3.8, 4) is 0 Å². The number of rotatable bonds is 4. The van der Waals surface area contributed by atoms with Crippen LogP contribution in [-0.4, -0.2) is 23.8 Å². The van der Waals surface area contributed by atoms with Crippen LogP contribution in [0.1, 0.15) is 44.6 Å². The third-order valence-electron chi connectivity index (χ3n) is 5.33. The Morgan fingerprint density at radius 3 is 2.52 bits per heavy atom. The molecule has 0 spiro atoms. The minimum Gasteiger partial charge on any atom is -0.452 e. The van der Waals surface area contributed by atoms with Crippen molar-refractivity contribution in [2.45, 2.75) is 52.1 Å². The standard InChI is InChI=1S/C20H25NO4/c1-12-5-3-8-17(9-12)21-19(23)13(2)25-20(24)16-10-14-6-4-7-15(11-16)18(14)22/h3,5,8-9,13-16H,4,6-7,10-11H2,1-2H3,(H,21,23). The Morgan fingerprint density at radius 1 is 1.20 bits per heavy atom. The summed E-state index contributed by atoms with van der Waals surface area (Å²) in [5.41, 5.74) is 1.73. The number of hydrogen-bond acceptors (Lipinski definition) is 4. The Morgan fingerprint density at radius 2 is 1.88 bits per heavy atom. The van der Waals surface area contributed by atoms with Crippen LogP contribution >= 0.6 is 0 Å². The van der Waals surface area contributed by atoms with Crippen LogP contribution < -0.4 is 5.32 Å². The van der Waals surface area contributed by atoms with Gasteiger partial charge in [-0.3, -0.25) is 14.4 Å². The third-order valence-corrected chi connectivity index (χ3v) is 5.33. The SMILES string of the molecule is Cc1cccc(NC(=O)C(C)OC(=O)C2CC3CCCC(C2)C3=O)c1. The quantitative estimate of drug-likeness (QED) is 0.852. The Bertz CT molecular complexity index is 668. The Hall–Kier alpha value is -2.17. The van der Waals surface area contributed by atoms with Crippen molar-refractivity contribution in [3.63, 3.8) is 0 Å². The summed E-state index contributed by atoms with van der Waals surface area (Å²) in [5.74, 6) is -0.631. The van der Waals surface area contributed by atoms with Gasteiger partial charge in [0.25, 0.3) is 5.91 Å². The number of benzene rings is 1. The highest BCUT2D eigenvalue weighted by Gasteiger charge is 2.42. The van der Waals surface area contributed by atoms with Crippen molar-refractivity contribution in [1.82, 2.24) is 0 Å². The highest BCUT2D eigenvalue weighted by atomic mass is 16.5. The van der Waals surface area contributed by atoms with Crippen molar-refractivity contribution >= 4 is 23.3 Å². The molecule has 3 unspecified atom stereocenters. The van der Waals surface area contributed by atoms with Gasteiger partial charge in [0, 0.05) is 17.5 Å². The molecular formula is C20H25NO4. The molecule has 1 N–H and O–H groups in total. The van der Waals surface area contributed by atoms with Gasteiger partial charge in [-0.25, -0.2) is 0 Å². The molecule has 0 radical (unpaired) electrons. The number of fused-ring (bicyclic) bond motifs is 2. The summed E-state index contributed by atoms with van der Waals surface area (Å²) < 4.78 is 5.39. The van der Waals surface area contributed by atoms with Gasteiger partial charge in [-0.05, 0) is 57.2 Å². The zero-order valence-corrected chi connectivity index (χ0v) is 14.8. The first-order chi connectivity index (χ1) is 11.9. The first kappa shape index (κ1) is 17.6. The Labute approximate surface area is 148 Å². The average molecular weight is 343 g/mol. The van der Waals surface area contributed by atoms with E-state index in [-0.39, 0.29) is 29.6 Å². The van der Waals surface area contributed by atoms with Crippen LogP contribution in [0.2, 0.25) is 0 Å². The second kappa shape index (κ2) is 7.38. The molecule has 2 aliphatic rings. The molecule has 2 saturated carbocycles. The van der Waals surface area contributed by atoms with Gasteiger partial charge in [-0.2, -0.15) is 0 Å². The van der Waals surface area contributed by atoms with Gasteiger partial charge < -0.3 is 10.1 Å². The zero-order chi connectivity index (χ0) is 18.0. The van der Waals surface area contributed by atoms with E-state index in [1.807, 2.05) is 25.1 Å². The van der Waals surface area contributed by atoms with Crippen LogP contribution in [-0.2, 0) is 19.1 Å². The predicted molar refractivity (Wildman–Crippen MR) is 93.9 cm³/mol. The van der Waals surface area contributed by atoms with Crippen molar-refractivity contribution in [2.24, 2.45) is 17.8 Å². The topological polar surface area (TPSA) is 72.5 Å².